The Kier molecular flexibility index (Phi) is 8.16. The summed E-state index contributed by atoms with van der Waals surface area (Å²) in [5.74, 6) is 0.706. The van der Waals surface area contributed by atoms with Crippen molar-refractivity contribution >= 4 is 17.7 Å². The van der Waals surface area contributed by atoms with E-state index in [9.17, 15) is 4.79 Å². The molecule has 0 saturated heterocycles. The normalized spacial score (nSPS) is 12.2. The van der Waals surface area contributed by atoms with Gasteiger partial charge in [0.1, 0.15) is 0 Å². The highest BCUT2D eigenvalue weighted by atomic mass is 32.2. The summed E-state index contributed by atoms with van der Waals surface area (Å²) in [6.45, 7) is 12.3. The molecule has 21 heavy (non-hydrogen) atoms. The fourth-order valence-corrected chi connectivity index (χ4v) is 2.66. The number of carbonyl (C=O) groups excluding carboxylic acids is 1. The molecule has 0 heterocycles. The largest absolute Gasteiger partial charge is 0.352 e. The third-order valence-corrected chi connectivity index (χ3v) is 4.02. The smallest absolute Gasteiger partial charge is 0.233 e. The van der Waals surface area contributed by atoms with E-state index in [1.807, 2.05) is 6.92 Å². The van der Waals surface area contributed by atoms with Crippen LogP contribution in [0.1, 0.15) is 26.3 Å². The van der Waals surface area contributed by atoms with E-state index < -0.39 is 0 Å². The summed E-state index contributed by atoms with van der Waals surface area (Å²) >= 11 is 1.57. The quantitative estimate of drug-likeness (QED) is 0.544. The molecule has 2 N–H and O–H groups in total. The van der Waals surface area contributed by atoms with Gasteiger partial charge in [0.05, 0.1) is 5.25 Å². The summed E-state index contributed by atoms with van der Waals surface area (Å²) in [4.78, 5) is 12.9. The Labute approximate surface area is 132 Å². The number of benzene rings is 1. The molecule has 1 aromatic carbocycles. The van der Waals surface area contributed by atoms with E-state index in [0.29, 0.717) is 12.5 Å². The van der Waals surface area contributed by atoms with E-state index in [1.54, 1.807) is 17.8 Å². The van der Waals surface area contributed by atoms with Crippen LogP contribution >= 0.6 is 11.8 Å². The molecule has 0 saturated carbocycles. The van der Waals surface area contributed by atoms with Gasteiger partial charge >= 0.3 is 0 Å². The molecule has 1 amide bonds. The van der Waals surface area contributed by atoms with Crippen LogP contribution in [0, 0.1) is 5.92 Å². The van der Waals surface area contributed by atoms with Crippen molar-refractivity contribution in [1.82, 2.24) is 10.6 Å². The SMILES string of the molecule is C=CCNC(=O)C(C)Sc1ccc(CNCC(C)C)cc1. The van der Waals surface area contributed by atoms with Crippen LogP contribution in [0.2, 0.25) is 0 Å². The first-order chi connectivity index (χ1) is 10.0. The molecule has 0 bridgehead atoms. The van der Waals surface area contributed by atoms with Gasteiger partial charge in [-0.3, -0.25) is 4.79 Å². The summed E-state index contributed by atoms with van der Waals surface area (Å²) < 4.78 is 0. The maximum absolute atomic E-state index is 11.8. The number of thioether (sulfide) groups is 1. The van der Waals surface area contributed by atoms with E-state index >= 15 is 0 Å². The number of rotatable bonds is 9. The van der Waals surface area contributed by atoms with Crippen LogP contribution in [0.3, 0.4) is 0 Å². The monoisotopic (exact) mass is 306 g/mol. The predicted octanol–water partition coefficient (Wildman–Crippen LogP) is 3.22. The lowest BCUT2D eigenvalue weighted by atomic mass is 10.2. The molecular weight excluding hydrogens is 280 g/mol. The lowest BCUT2D eigenvalue weighted by Gasteiger charge is -2.12. The first-order valence-electron chi connectivity index (χ1n) is 7.38. The van der Waals surface area contributed by atoms with Crippen molar-refractivity contribution in [3.63, 3.8) is 0 Å². The topological polar surface area (TPSA) is 41.1 Å². The maximum Gasteiger partial charge on any atom is 0.233 e. The van der Waals surface area contributed by atoms with Crippen molar-refractivity contribution in [3.8, 4) is 0 Å². The molecule has 0 radical (unpaired) electrons. The van der Waals surface area contributed by atoms with E-state index in [1.165, 1.54) is 5.56 Å². The highest BCUT2D eigenvalue weighted by Crippen LogP contribution is 2.23. The fraction of sp³-hybridized carbons (Fsp3) is 0.471. The Bertz CT molecular complexity index is 443. The van der Waals surface area contributed by atoms with Gasteiger partial charge in [0.2, 0.25) is 5.91 Å². The van der Waals surface area contributed by atoms with Crippen LogP contribution < -0.4 is 10.6 Å². The highest BCUT2D eigenvalue weighted by molar-refractivity contribution is 8.00. The summed E-state index contributed by atoms with van der Waals surface area (Å²) in [5, 5.41) is 6.13. The second kappa shape index (κ2) is 9.64. The minimum Gasteiger partial charge on any atom is -0.352 e. The maximum atomic E-state index is 11.8. The average molecular weight is 306 g/mol. The van der Waals surface area contributed by atoms with Crippen molar-refractivity contribution in [2.75, 3.05) is 13.1 Å². The number of hydrogen-bond donors (Lipinski definition) is 2. The van der Waals surface area contributed by atoms with Gasteiger partial charge in [0.25, 0.3) is 0 Å². The van der Waals surface area contributed by atoms with Gasteiger partial charge < -0.3 is 10.6 Å². The molecule has 0 spiro atoms. The molecule has 0 aliphatic heterocycles. The fourth-order valence-electron chi connectivity index (χ4n) is 1.77. The van der Waals surface area contributed by atoms with Crippen molar-refractivity contribution in [3.05, 3.63) is 42.5 Å². The molecule has 1 aromatic rings. The molecular formula is C17H26N2OS. The van der Waals surface area contributed by atoms with Gasteiger partial charge in [0, 0.05) is 18.0 Å². The predicted molar refractivity (Wildman–Crippen MR) is 91.5 cm³/mol. The first-order valence-corrected chi connectivity index (χ1v) is 8.25. The van der Waals surface area contributed by atoms with Gasteiger partial charge in [0.15, 0.2) is 0 Å². The molecule has 3 nitrogen and oxygen atoms in total. The average Bonchev–Trinajstić information content (AvgIpc) is 2.46. The molecule has 116 valence electrons. The minimum absolute atomic E-state index is 0.0441. The number of nitrogens with one attached hydrogen (secondary N) is 2. The highest BCUT2D eigenvalue weighted by Gasteiger charge is 2.13. The van der Waals surface area contributed by atoms with Gasteiger partial charge in [-0.05, 0) is 37.1 Å². The number of carbonyl (C=O) groups is 1. The number of hydrogen-bond acceptors (Lipinski definition) is 3. The van der Waals surface area contributed by atoms with Gasteiger partial charge in [-0.15, -0.1) is 18.3 Å². The summed E-state index contributed by atoms with van der Waals surface area (Å²) in [7, 11) is 0. The summed E-state index contributed by atoms with van der Waals surface area (Å²) in [6.07, 6.45) is 1.69. The molecule has 4 heteroatoms. The van der Waals surface area contributed by atoms with Crippen molar-refractivity contribution in [2.24, 2.45) is 5.92 Å². The zero-order chi connectivity index (χ0) is 15.7. The van der Waals surface area contributed by atoms with Crippen LogP contribution in [0.25, 0.3) is 0 Å². The van der Waals surface area contributed by atoms with E-state index in [4.69, 9.17) is 0 Å². The Morgan fingerprint density at radius 3 is 2.52 bits per heavy atom. The lowest BCUT2D eigenvalue weighted by molar-refractivity contribution is -0.120. The van der Waals surface area contributed by atoms with Gasteiger partial charge in [-0.1, -0.05) is 32.1 Å². The van der Waals surface area contributed by atoms with Crippen molar-refractivity contribution in [1.29, 1.82) is 0 Å². The Hall–Kier alpha value is -1.26. The van der Waals surface area contributed by atoms with Gasteiger partial charge in [-0.2, -0.15) is 0 Å². The van der Waals surface area contributed by atoms with E-state index in [0.717, 1.165) is 18.0 Å². The first kappa shape index (κ1) is 17.8. The van der Waals surface area contributed by atoms with Crippen LogP contribution in [0.4, 0.5) is 0 Å². The lowest BCUT2D eigenvalue weighted by Crippen LogP contribution is -2.30. The van der Waals surface area contributed by atoms with Crippen LogP contribution in [-0.2, 0) is 11.3 Å². The summed E-state index contributed by atoms with van der Waals surface area (Å²) in [5.41, 5.74) is 1.27. The molecule has 0 aliphatic carbocycles. The third-order valence-electron chi connectivity index (χ3n) is 2.91. The van der Waals surface area contributed by atoms with Crippen LogP contribution in [0.5, 0.6) is 0 Å². The Morgan fingerprint density at radius 1 is 1.29 bits per heavy atom. The molecule has 1 rings (SSSR count). The standard InChI is InChI=1S/C17H26N2OS/c1-5-10-19-17(20)14(4)21-16-8-6-15(7-9-16)12-18-11-13(2)3/h5-9,13-14,18H,1,10-12H2,2-4H3,(H,19,20). The third kappa shape index (κ3) is 7.34. The Morgan fingerprint density at radius 2 is 1.95 bits per heavy atom. The molecule has 0 fully saturated rings. The zero-order valence-electron chi connectivity index (χ0n) is 13.2. The Balaban J connectivity index is 2.43. The molecule has 0 aliphatic rings. The zero-order valence-corrected chi connectivity index (χ0v) is 14.0. The van der Waals surface area contributed by atoms with Crippen LogP contribution in [0.15, 0.2) is 41.8 Å². The van der Waals surface area contributed by atoms with Crippen molar-refractivity contribution < 1.29 is 4.79 Å². The van der Waals surface area contributed by atoms with Crippen molar-refractivity contribution in [2.45, 2.75) is 37.5 Å². The van der Waals surface area contributed by atoms with E-state index in [-0.39, 0.29) is 11.2 Å². The molecule has 0 aromatic heterocycles. The molecule has 1 atom stereocenters. The summed E-state index contributed by atoms with van der Waals surface area (Å²) in [6, 6.07) is 8.39. The second-order valence-corrected chi connectivity index (χ2v) is 6.88. The van der Waals surface area contributed by atoms with Crippen LogP contribution in [-0.4, -0.2) is 24.2 Å². The second-order valence-electron chi connectivity index (χ2n) is 5.46. The minimum atomic E-state index is -0.102. The van der Waals surface area contributed by atoms with E-state index in [2.05, 4.69) is 55.3 Å². The number of amides is 1. The van der Waals surface area contributed by atoms with Gasteiger partial charge in [-0.25, -0.2) is 0 Å². The molecule has 1 unspecified atom stereocenters.